The van der Waals surface area contributed by atoms with Crippen molar-refractivity contribution in [2.45, 2.75) is 6.92 Å². The number of aryl methyl sites for hydroxylation is 1. The molecule has 7 nitrogen and oxygen atoms in total. The number of azo groups is 1. The van der Waals surface area contributed by atoms with Crippen molar-refractivity contribution in [3.05, 3.63) is 40.5 Å². The molecular weight excluding hydrogens is 338 g/mol. The summed E-state index contributed by atoms with van der Waals surface area (Å²) in [6.07, 6.45) is 0. The van der Waals surface area contributed by atoms with Gasteiger partial charge in [0.2, 0.25) is 11.7 Å². The number of H-pyrrole nitrogens is 1. The summed E-state index contributed by atoms with van der Waals surface area (Å²) >= 11 is 3.33. The number of nitrogens with one attached hydrogen (secondary N) is 1. The molecule has 0 spiro atoms. The molecule has 0 unspecified atom stereocenters. The van der Waals surface area contributed by atoms with Gasteiger partial charge in [0.1, 0.15) is 0 Å². The lowest BCUT2D eigenvalue weighted by molar-refractivity contribution is 0.338. The predicted octanol–water partition coefficient (Wildman–Crippen LogP) is 4.26. The largest absolute Gasteiger partial charge is 0.478 e. The van der Waals surface area contributed by atoms with Gasteiger partial charge in [-0.15, -0.1) is 10.2 Å². The van der Waals surface area contributed by atoms with Crippen LogP contribution in [-0.4, -0.2) is 20.3 Å². The van der Waals surface area contributed by atoms with E-state index in [0.717, 1.165) is 11.3 Å². The second kappa shape index (κ2) is 5.49. The number of aromatic nitrogens is 3. The molecule has 8 heteroatoms. The zero-order valence-electron chi connectivity index (χ0n) is 10.9. The molecule has 2 heterocycles. The Morgan fingerprint density at radius 2 is 1.90 bits per heavy atom. The summed E-state index contributed by atoms with van der Waals surface area (Å²) in [5.74, 6) is 0.262. The van der Waals surface area contributed by atoms with E-state index in [0.29, 0.717) is 10.3 Å². The highest BCUT2D eigenvalue weighted by molar-refractivity contribution is 9.10. The van der Waals surface area contributed by atoms with Crippen LogP contribution in [0.4, 0.5) is 11.6 Å². The van der Waals surface area contributed by atoms with Crippen LogP contribution in [0.15, 0.2) is 49.5 Å². The average Bonchev–Trinajstić information content (AvgIpc) is 3.02. The van der Waals surface area contributed by atoms with Crippen molar-refractivity contribution in [2.75, 3.05) is 0 Å². The van der Waals surface area contributed by atoms with Crippen molar-refractivity contribution in [1.29, 1.82) is 0 Å². The molecule has 0 saturated heterocycles. The Bertz CT molecular complexity index is 794. The highest BCUT2D eigenvalue weighted by atomic mass is 79.9. The van der Waals surface area contributed by atoms with Crippen molar-refractivity contribution in [1.82, 2.24) is 15.2 Å². The first-order valence-electron chi connectivity index (χ1n) is 6.02. The highest BCUT2D eigenvalue weighted by Crippen LogP contribution is 2.34. The average molecular weight is 348 g/mol. The van der Waals surface area contributed by atoms with E-state index >= 15 is 0 Å². The molecular formula is C13H10BrN5O2. The molecule has 0 aliphatic carbocycles. The Morgan fingerprint density at radius 1 is 1.19 bits per heavy atom. The molecule has 1 aromatic carbocycles. The number of benzene rings is 1. The number of hydrogen-bond acceptors (Lipinski definition) is 6. The molecule has 3 aromatic rings. The van der Waals surface area contributed by atoms with Crippen molar-refractivity contribution < 1.29 is 9.52 Å². The van der Waals surface area contributed by atoms with E-state index in [-0.39, 0.29) is 17.7 Å². The van der Waals surface area contributed by atoms with E-state index in [4.69, 9.17) is 4.42 Å². The van der Waals surface area contributed by atoms with E-state index in [1.54, 1.807) is 0 Å². The normalized spacial score (nSPS) is 11.3. The summed E-state index contributed by atoms with van der Waals surface area (Å²) in [4.78, 5) is 4.10. The number of aromatic amines is 1. The zero-order valence-corrected chi connectivity index (χ0v) is 12.5. The fourth-order valence-electron chi connectivity index (χ4n) is 1.64. The van der Waals surface area contributed by atoms with Gasteiger partial charge in [-0.05, 0) is 35.0 Å². The number of rotatable bonds is 3. The summed E-state index contributed by atoms with van der Waals surface area (Å²) < 4.78 is 5.88. The van der Waals surface area contributed by atoms with Gasteiger partial charge < -0.3 is 9.52 Å². The highest BCUT2D eigenvalue weighted by Gasteiger charge is 2.14. The summed E-state index contributed by atoms with van der Waals surface area (Å²) in [5, 5.41) is 24.2. The molecule has 0 radical (unpaired) electrons. The minimum atomic E-state index is -0.388. The second-order valence-electron chi connectivity index (χ2n) is 4.20. The number of aromatic hydroxyl groups is 1. The second-order valence-corrected chi connectivity index (χ2v) is 4.99. The molecule has 3 rings (SSSR count). The lowest BCUT2D eigenvalue weighted by Gasteiger charge is -1.91. The van der Waals surface area contributed by atoms with Gasteiger partial charge in [0.25, 0.3) is 5.82 Å². The van der Waals surface area contributed by atoms with Crippen LogP contribution in [-0.2, 0) is 0 Å². The molecule has 2 aromatic heterocycles. The third-order valence-electron chi connectivity index (χ3n) is 2.71. The van der Waals surface area contributed by atoms with Crippen LogP contribution in [0.25, 0.3) is 11.5 Å². The number of nitrogens with zero attached hydrogens (tertiary/aromatic N) is 4. The van der Waals surface area contributed by atoms with Gasteiger partial charge in [-0.2, -0.15) is 10.1 Å². The summed E-state index contributed by atoms with van der Waals surface area (Å²) in [6.45, 7) is 1.84. The smallest absolute Gasteiger partial charge is 0.332 e. The first-order valence-corrected chi connectivity index (χ1v) is 6.82. The minimum Gasteiger partial charge on any atom is -0.478 e. The first-order chi connectivity index (χ1) is 10.1. The fraction of sp³-hybridized carbons (Fsp3) is 0.0769. The maximum Gasteiger partial charge on any atom is 0.332 e. The maximum absolute atomic E-state index is 9.72. The Kier molecular flexibility index (Phi) is 3.53. The van der Waals surface area contributed by atoms with Gasteiger partial charge in [0.15, 0.2) is 0 Å². The standard InChI is InChI=1S/C13H10BrN5O2/c1-7-9(14)10(17-16-7)18-19-11-13(20)21-12(15-11)8-5-3-2-4-6-8/h2-6,20H,1H3,(H,16,17). The van der Waals surface area contributed by atoms with E-state index in [1.165, 1.54) is 0 Å². The topological polar surface area (TPSA) is 99.7 Å². The summed E-state index contributed by atoms with van der Waals surface area (Å²) in [6, 6.07) is 9.22. The lowest BCUT2D eigenvalue weighted by atomic mass is 10.2. The van der Waals surface area contributed by atoms with E-state index in [2.05, 4.69) is 41.3 Å². The minimum absolute atomic E-state index is 0.00130. The van der Waals surface area contributed by atoms with Crippen molar-refractivity contribution in [3.63, 3.8) is 0 Å². The van der Waals surface area contributed by atoms with Gasteiger partial charge in [-0.1, -0.05) is 18.2 Å². The monoisotopic (exact) mass is 347 g/mol. The Labute approximate surface area is 127 Å². The van der Waals surface area contributed by atoms with E-state index < -0.39 is 0 Å². The molecule has 0 amide bonds. The van der Waals surface area contributed by atoms with Crippen LogP contribution < -0.4 is 0 Å². The third kappa shape index (κ3) is 2.70. The molecule has 0 bridgehead atoms. The predicted molar refractivity (Wildman–Crippen MR) is 78.8 cm³/mol. The van der Waals surface area contributed by atoms with Crippen molar-refractivity contribution >= 4 is 27.6 Å². The van der Waals surface area contributed by atoms with Gasteiger partial charge in [0, 0.05) is 11.3 Å². The molecule has 0 aliphatic heterocycles. The summed E-state index contributed by atoms with van der Waals surface area (Å²) in [5.41, 5.74) is 1.57. The van der Waals surface area contributed by atoms with Gasteiger partial charge in [0.05, 0.1) is 4.47 Å². The molecule has 2 N–H and O–H groups in total. The quantitative estimate of drug-likeness (QED) is 0.691. The molecule has 0 saturated carbocycles. The third-order valence-corrected chi connectivity index (χ3v) is 3.66. The van der Waals surface area contributed by atoms with Crippen LogP contribution in [0.1, 0.15) is 5.69 Å². The van der Waals surface area contributed by atoms with Gasteiger partial charge >= 0.3 is 5.95 Å². The number of halogens is 1. The lowest BCUT2D eigenvalue weighted by Crippen LogP contribution is -1.74. The molecule has 21 heavy (non-hydrogen) atoms. The first kappa shape index (κ1) is 13.5. The number of hydrogen-bond donors (Lipinski definition) is 2. The van der Waals surface area contributed by atoms with Crippen LogP contribution >= 0.6 is 15.9 Å². The summed E-state index contributed by atoms with van der Waals surface area (Å²) in [7, 11) is 0. The van der Waals surface area contributed by atoms with Crippen LogP contribution in [0.5, 0.6) is 5.95 Å². The van der Waals surface area contributed by atoms with E-state index in [9.17, 15) is 5.11 Å². The Hall–Kier alpha value is -2.48. The van der Waals surface area contributed by atoms with E-state index in [1.807, 2.05) is 37.3 Å². The number of oxazole rings is 1. The van der Waals surface area contributed by atoms with Gasteiger partial charge in [-0.3, -0.25) is 5.10 Å². The SMILES string of the molecule is Cc1[nH]nc(N=Nc2nc(-c3ccccc3)oc2O)c1Br. The van der Waals surface area contributed by atoms with Crippen LogP contribution in [0.3, 0.4) is 0 Å². The molecule has 0 atom stereocenters. The molecule has 106 valence electrons. The maximum atomic E-state index is 9.72. The molecule has 0 fully saturated rings. The van der Waals surface area contributed by atoms with Crippen molar-refractivity contribution in [2.24, 2.45) is 10.2 Å². The zero-order chi connectivity index (χ0) is 14.8. The Morgan fingerprint density at radius 3 is 2.57 bits per heavy atom. The van der Waals surface area contributed by atoms with Crippen LogP contribution in [0, 0.1) is 6.92 Å². The van der Waals surface area contributed by atoms with Gasteiger partial charge in [-0.25, -0.2) is 0 Å². The fourth-order valence-corrected chi connectivity index (χ4v) is 1.89. The van der Waals surface area contributed by atoms with Crippen molar-refractivity contribution in [3.8, 4) is 17.4 Å². The van der Waals surface area contributed by atoms with Crippen LogP contribution in [0.2, 0.25) is 0 Å². The Balaban J connectivity index is 1.90. The molecule has 0 aliphatic rings.